The van der Waals surface area contributed by atoms with Gasteiger partial charge in [0.2, 0.25) is 0 Å². The third-order valence-electron chi connectivity index (χ3n) is 3.76. The van der Waals surface area contributed by atoms with E-state index in [0.29, 0.717) is 5.76 Å². The zero-order chi connectivity index (χ0) is 13.9. The Labute approximate surface area is 138 Å². The average Bonchev–Trinajstić information content (AvgIpc) is 2.67. The van der Waals surface area contributed by atoms with Crippen LogP contribution in [0.4, 0.5) is 0 Å². The summed E-state index contributed by atoms with van der Waals surface area (Å²) in [6.07, 6.45) is 6.35. The minimum atomic E-state index is 0. The normalized spacial score (nSPS) is 14.0. The Hall–Kier alpha value is -1.60. The number of rotatable bonds is 2. The van der Waals surface area contributed by atoms with Crippen LogP contribution in [0.1, 0.15) is 29.5 Å². The zero-order valence-electron chi connectivity index (χ0n) is 11.8. The van der Waals surface area contributed by atoms with Gasteiger partial charge in [-0.1, -0.05) is 0 Å². The van der Waals surface area contributed by atoms with E-state index in [-0.39, 0.29) is 21.1 Å². The molecule has 0 atom stereocenters. The van der Waals surface area contributed by atoms with Crippen molar-refractivity contribution in [2.45, 2.75) is 19.3 Å². The van der Waals surface area contributed by atoms with Crippen LogP contribution in [0, 0.1) is 0 Å². The van der Waals surface area contributed by atoms with Gasteiger partial charge in [-0.25, -0.2) is 0 Å². The van der Waals surface area contributed by atoms with Crippen LogP contribution in [0.2, 0.25) is 0 Å². The molecule has 0 unspecified atom stereocenters. The van der Waals surface area contributed by atoms with Gasteiger partial charge in [0.1, 0.15) is 11.5 Å². The molecular weight excluding hydrogens is 445 g/mol. The van der Waals surface area contributed by atoms with Gasteiger partial charge < -0.3 is 9.84 Å². The number of nitrogens with zero attached hydrogens (tertiary/aromatic N) is 1. The van der Waals surface area contributed by atoms with Gasteiger partial charge in [-0.15, -0.1) is 0 Å². The number of fused-ring (bicyclic) bond motifs is 1. The van der Waals surface area contributed by atoms with E-state index in [1.54, 1.807) is 19.5 Å². The number of hydrogen-bond acceptors (Lipinski definition) is 3. The minimum Gasteiger partial charge on any atom is -0.507 e. The fourth-order valence-electron chi connectivity index (χ4n) is 2.71. The van der Waals surface area contributed by atoms with E-state index in [9.17, 15) is 5.11 Å². The van der Waals surface area contributed by atoms with Gasteiger partial charge in [-0.2, -0.15) is 0 Å². The predicted octanol–water partition coefficient (Wildman–Crippen LogP) is 3.85. The monoisotopic (exact) mass is 462 g/mol. The number of aryl methyl sites for hydroxylation is 1. The van der Waals surface area contributed by atoms with Gasteiger partial charge in [-0.05, 0) is 60.7 Å². The molecule has 0 bridgehead atoms. The van der Waals surface area contributed by atoms with Gasteiger partial charge in [-0.3, -0.25) is 4.98 Å². The molecule has 112 valence electrons. The quantitative estimate of drug-likeness (QED) is 0.738. The molecule has 0 saturated carbocycles. The molecule has 1 aromatic carbocycles. The van der Waals surface area contributed by atoms with Crippen molar-refractivity contribution < 1.29 is 30.9 Å². The van der Waals surface area contributed by atoms with E-state index in [1.165, 1.54) is 0 Å². The van der Waals surface area contributed by atoms with Crippen molar-refractivity contribution >= 4 is 11.3 Å². The smallest absolute Gasteiger partial charge is 0.126 e. The second-order valence-corrected chi connectivity index (χ2v) is 4.94. The fraction of sp³-hybridized carbons (Fsp3) is 0.235. The van der Waals surface area contributed by atoms with Crippen molar-refractivity contribution in [3.8, 4) is 5.75 Å². The second-order valence-electron chi connectivity index (χ2n) is 4.94. The molecule has 0 amide bonds. The third kappa shape index (κ3) is 3.19. The molecule has 0 spiro atoms. The van der Waals surface area contributed by atoms with Crippen LogP contribution >= 0.6 is 0 Å². The molecule has 0 fully saturated rings. The number of hydrogen-bond donors (Lipinski definition) is 1. The van der Waals surface area contributed by atoms with Crippen LogP contribution in [-0.2, 0) is 27.5 Å². The SMILES string of the molecule is COc1ccc2c(c1)CCCC(c1ccncc1)=C2O.[Pt]. The Morgan fingerprint density at radius 1 is 1.10 bits per heavy atom. The summed E-state index contributed by atoms with van der Waals surface area (Å²) in [6, 6.07) is 9.74. The van der Waals surface area contributed by atoms with E-state index in [0.717, 1.165) is 47.3 Å². The summed E-state index contributed by atoms with van der Waals surface area (Å²) in [5.41, 5.74) is 4.10. The van der Waals surface area contributed by atoms with Crippen molar-refractivity contribution in [3.63, 3.8) is 0 Å². The number of pyridine rings is 1. The van der Waals surface area contributed by atoms with Crippen molar-refractivity contribution in [2.75, 3.05) is 7.11 Å². The van der Waals surface area contributed by atoms with Crippen LogP contribution < -0.4 is 4.74 Å². The van der Waals surface area contributed by atoms with E-state index in [4.69, 9.17) is 4.74 Å². The molecule has 1 heterocycles. The maximum atomic E-state index is 10.6. The minimum absolute atomic E-state index is 0. The van der Waals surface area contributed by atoms with Crippen LogP contribution in [0.5, 0.6) is 5.75 Å². The van der Waals surface area contributed by atoms with Crippen molar-refractivity contribution in [2.24, 2.45) is 0 Å². The van der Waals surface area contributed by atoms with Crippen molar-refractivity contribution in [1.29, 1.82) is 0 Å². The van der Waals surface area contributed by atoms with Crippen LogP contribution in [0.3, 0.4) is 0 Å². The third-order valence-corrected chi connectivity index (χ3v) is 3.76. The van der Waals surface area contributed by atoms with E-state index in [2.05, 4.69) is 4.98 Å². The molecule has 1 aromatic heterocycles. The molecule has 3 rings (SSSR count). The standard InChI is InChI=1S/C17H17NO2.Pt/c1-20-14-5-6-16-13(11-14)3-2-4-15(17(16)19)12-7-9-18-10-8-12;/h5-11,19H,2-4H2,1H3;. The molecule has 0 radical (unpaired) electrons. The molecule has 2 aromatic rings. The Bertz CT molecular complexity index is 653. The predicted molar refractivity (Wildman–Crippen MR) is 79.6 cm³/mol. The average molecular weight is 462 g/mol. The molecule has 4 heteroatoms. The Kier molecular flexibility index (Phi) is 5.19. The fourth-order valence-corrected chi connectivity index (χ4v) is 2.71. The first kappa shape index (κ1) is 15.8. The number of aliphatic hydroxyl groups excluding tert-OH is 1. The maximum Gasteiger partial charge on any atom is 0.126 e. The molecule has 1 aliphatic rings. The van der Waals surface area contributed by atoms with Gasteiger partial charge in [0, 0.05) is 44.6 Å². The summed E-state index contributed by atoms with van der Waals surface area (Å²) in [4.78, 5) is 4.03. The summed E-state index contributed by atoms with van der Waals surface area (Å²) < 4.78 is 5.26. The number of benzene rings is 1. The van der Waals surface area contributed by atoms with Crippen LogP contribution in [0.25, 0.3) is 11.3 Å². The second kappa shape index (κ2) is 6.91. The molecule has 1 N–H and O–H groups in total. The van der Waals surface area contributed by atoms with E-state index >= 15 is 0 Å². The van der Waals surface area contributed by atoms with E-state index in [1.807, 2.05) is 30.3 Å². The maximum absolute atomic E-state index is 10.6. The topological polar surface area (TPSA) is 42.4 Å². The largest absolute Gasteiger partial charge is 0.507 e. The molecule has 1 aliphatic carbocycles. The summed E-state index contributed by atoms with van der Waals surface area (Å²) in [5.74, 6) is 1.22. The molecule has 3 nitrogen and oxygen atoms in total. The van der Waals surface area contributed by atoms with Crippen LogP contribution in [0.15, 0.2) is 42.7 Å². The number of aliphatic hydroxyl groups is 1. The zero-order valence-corrected chi connectivity index (χ0v) is 14.1. The Balaban J connectivity index is 0.00000161. The van der Waals surface area contributed by atoms with Crippen molar-refractivity contribution in [3.05, 3.63) is 59.4 Å². The first-order chi connectivity index (χ1) is 9.79. The number of allylic oxidation sites excluding steroid dienone is 1. The van der Waals surface area contributed by atoms with Gasteiger partial charge in [0.15, 0.2) is 0 Å². The molecule has 0 aliphatic heterocycles. The molecule has 0 saturated heterocycles. The van der Waals surface area contributed by atoms with Gasteiger partial charge in [0.05, 0.1) is 7.11 Å². The van der Waals surface area contributed by atoms with E-state index < -0.39 is 0 Å². The summed E-state index contributed by atoms with van der Waals surface area (Å²) in [6.45, 7) is 0. The Morgan fingerprint density at radius 2 is 1.86 bits per heavy atom. The molecular formula is C17H17NO2Pt. The summed E-state index contributed by atoms with van der Waals surface area (Å²) in [7, 11) is 1.66. The van der Waals surface area contributed by atoms with Crippen LogP contribution in [-0.4, -0.2) is 17.2 Å². The summed E-state index contributed by atoms with van der Waals surface area (Å²) >= 11 is 0. The number of aromatic nitrogens is 1. The first-order valence-electron chi connectivity index (χ1n) is 6.79. The molecule has 21 heavy (non-hydrogen) atoms. The first-order valence-corrected chi connectivity index (χ1v) is 6.79. The summed E-state index contributed by atoms with van der Waals surface area (Å²) in [5, 5.41) is 10.6. The number of methoxy groups -OCH3 is 1. The van der Waals surface area contributed by atoms with Gasteiger partial charge >= 0.3 is 0 Å². The Morgan fingerprint density at radius 3 is 2.57 bits per heavy atom. The van der Waals surface area contributed by atoms with Gasteiger partial charge in [0.25, 0.3) is 0 Å². The van der Waals surface area contributed by atoms with Crippen molar-refractivity contribution in [1.82, 2.24) is 4.98 Å². The number of ether oxygens (including phenoxy) is 1.